The van der Waals surface area contributed by atoms with Crippen molar-refractivity contribution in [1.82, 2.24) is 9.55 Å². The lowest BCUT2D eigenvalue weighted by molar-refractivity contribution is 0.351. The zero-order valence-electron chi connectivity index (χ0n) is 11.3. The van der Waals surface area contributed by atoms with Crippen LogP contribution in [-0.4, -0.2) is 9.55 Å². The molecule has 20 heavy (non-hydrogen) atoms. The molecule has 0 unspecified atom stereocenters. The van der Waals surface area contributed by atoms with E-state index < -0.39 is 0 Å². The van der Waals surface area contributed by atoms with Crippen LogP contribution in [-0.2, 0) is 6.54 Å². The minimum absolute atomic E-state index is 0.703. The minimum atomic E-state index is 0.703. The molecule has 4 rings (SSSR count). The maximum atomic E-state index is 9.08. The average Bonchev–Trinajstić information content (AvgIpc) is 3.34. The predicted octanol–water partition coefficient (Wildman–Crippen LogP) is 4.01. The molecule has 3 nitrogen and oxygen atoms in total. The van der Waals surface area contributed by atoms with E-state index in [0.717, 1.165) is 40.1 Å². The van der Waals surface area contributed by atoms with Crippen LogP contribution >= 0.6 is 12.2 Å². The summed E-state index contributed by atoms with van der Waals surface area (Å²) in [7, 11) is 0. The third-order valence-electron chi connectivity index (χ3n) is 4.75. The number of nitrogens with zero attached hydrogens (tertiary/aromatic N) is 2. The Morgan fingerprint density at radius 1 is 1.30 bits per heavy atom. The standard InChI is InChI=1S/C16H17N3S/c17-8-10-1-6-14-15(7-10)19(16(20)18-14)9-13(11-2-3-11)12-4-5-12/h1,6-7,11-13H,2-5,9H2,(H,18,20). The summed E-state index contributed by atoms with van der Waals surface area (Å²) in [6.45, 7) is 1.02. The third kappa shape index (κ3) is 2.06. The van der Waals surface area contributed by atoms with Gasteiger partial charge in [0, 0.05) is 6.54 Å². The van der Waals surface area contributed by atoms with Crippen LogP contribution in [0.2, 0.25) is 0 Å². The van der Waals surface area contributed by atoms with Crippen LogP contribution in [0.4, 0.5) is 0 Å². The van der Waals surface area contributed by atoms with Gasteiger partial charge in [-0.25, -0.2) is 0 Å². The van der Waals surface area contributed by atoms with Gasteiger partial charge in [0.2, 0.25) is 0 Å². The molecular weight excluding hydrogens is 266 g/mol. The Hall–Kier alpha value is -1.60. The van der Waals surface area contributed by atoms with E-state index in [0.29, 0.717) is 5.56 Å². The van der Waals surface area contributed by atoms with Crippen molar-refractivity contribution in [1.29, 1.82) is 5.26 Å². The highest BCUT2D eigenvalue weighted by Gasteiger charge is 2.41. The van der Waals surface area contributed by atoms with Crippen molar-refractivity contribution in [2.75, 3.05) is 0 Å². The van der Waals surface area contributed by atoms with Gasteiger partial charge in [0.25, 0.3) is 0 Å². The molecular formula is C16H17N3S. The number of fused-ring (bicyclic) bond motifs is 1. The lowest BCUT2D eigenvalue weighted by Crippen LogP contribution is -2.15. The van der Waals surface area contributed by atoms with Gasteiger partial charge in [0.15, 0.2) is 4.77 Å². The minimum Gasteiger partial charge on any atom is -0.331 e. The summed E-state index contributed by atoms with van der Waals surface area (Å²) in [5.74, 6) is 2.61. The molecule has 1 aromatic heterocycles. The van der Waals surface area contributed by atoms with Crippen LogP contribution in [0.15, 0.2) is 18.2 Å². The Morgan fingerprint density at radius 3 is 2.60 bits per heavy atom. The van der Waals surface area contributed by atoms with Crippen molar-refractivity contribution in [3.8, 4) is 6.07 Å². The molecule has 0 spiro atoms. The average molecular weight is 283 g/mol. The number of nitrogens with one attached hydrogen (secondary N) is 1. The largest absolute Gasteiger partial charge is 0.331 e. The van der Waals surface area contributed by atoms with Crippen LogP contribution < -0.4 is 0 Å². The highest BCUT2D eigenvalue weighted by atomic mass is 32.1. The molecule has 0 saturated heterocycles. The molecule has 1 N–H and O–H groups in total. The van der Waals surface area contributed by atoms with Crippen molar-refractivity contribution >= 4 is 23.3 Å². The Balaban J connectivity index is 1.76. The SMILES string of the molecule is N#Cc1ccc2[nH]c(=S)n(CC(C3CC3)C3CC3)c2c1. The van der Waals surface area contributed by atoms with E-state index in [4.69, 9.17) is 17.5 Å². The topological polar surface area (TPSA) is 44.5 Å². The highest BCUT2D eigenvalue weighted by Crippen LogP contribution is 2.50. The molecule has 0 aliphatic heterocycles. The second-order valence-electron chi connectivity index (χ2n) is 6.22. The summed E-state index contributed by atoms with van der Waals surface area (Å²) < 4.78 is 3.01. The van der Waals surface area contributed by atoms with E-state index in [1.54, 1.807) is 0 Å². The van der Waals surface area contributed by atoms with Crippen LogP contribution in [0.5, 0.6) is 0 Å². The first-order chi connectivity index (χ1) is 9.76. The van der Waals surface area contributed by atoms with E-state index in [-0.39, 0.29) is 0 Å². The van der Waals surface area contributed by atoms with Crippen LogP contribution in [0, 0.1) is 33.9 Å². The van der Waals surface area contributed by atoms with E-state index >= 15 is 0 Å². The van der Waals surface area contributed by atoms with Gasteiger partial charge in [0.1, 0.15) is 0 Å². The first-order valence-electron chi connectivity index (χ1n) is 7.39. The maximum Gasteiger partial charge on any atom is 0.178 e. The predicted molar refractivity (Wildman–Crippen MR) is 80.8 cm³/mol. The molecule has 2 fully saturated rings. The number of rotatable bonds is 4. The molecule has 2 aliphatic carbocycles. The van der Waals surface area contributed by atoms with E-state index in [1.165, 1.54) is 25.7 Å². The Kier molecular flexibility index (Phi) is 2.71. The molecule has 102 valence electrons. The van der Waals surface area contributed by atoms with Gasteiger partial charge in [-0.15, -0.1) is 0 Å². The number of hydrogen-bond donors (Lipinski definition) is 1. The van der Waals surface area contributed by atoms with Gasteiger partial charge in [-0.3, -0.25) is 0 Å². The molecule has 0 radical (unpaired) electrons. The number of nitriles is 1. The van der Waals surface area contributed by atoms with Crippen molar-refractivity contribution in [2.24, 2.45) is 17.8 Å². The summed E-state index contributed by atoms with van der Waals surface area (Å²) in [6, 6.07) is 7.98. The zero-order valence-corrected chi connectivity index (χ0v) is 12.1. The molecule has 0 atom stereocenters. The quantitative estimate of drug-likeness (QED) is 0.862. The number of benzene rings is 1. The number of H-pyrrole nitrogens is 1. The van der Waals surface area contributed by atoms with E-state index in [9.17, 15) is 0 Å². The number of imidazole rings is 1. The number of aromatic amines is 1. The van der Waals surface area contributed by atoms with Gasteiger partial charge in [0.05, 0.1) is 22.7 Å². The van der Waals surface area contributed by atoms with E-state index in [1.807, 2.05) is 18.2 Å². The van der Waals surface area contributed by atoms with E-state index in [2.05, 4.69) is 15.6 Å². The summed E-state index contributed by atoms with van der Waals surface area (Å²) in [5.41, 5.74) is 2.83. The molecule has 1 heterocycles. The Morgan fingerprint density at radius 2 is 2.00 bits per heavy atom. The number of hydrogen-bond acceptors (Lipinski definition) is 2. The fraction of sp³-hybridized carbons (Fsp3) is 0.500. The zero-order chi connectivity index (χ0) is 13.7. The Bertz CT molecular complexity index is 744. The lowest BCUT2D eigenvalue weighted by Gasteiger charge is -2.16. The maximum absolute atomic E-state index is 9.08. The van der Waals surface area contributed by atoms with Crippen LogP contribution in [0.25, 0.3) is 11.0 Å². The fourth-order valence-electron chi connectivity index (χ4n) is 3.35. The van der Waals surface area contributed by atoms with Crippen LogP contribution in [0.3, 0.4) is 0 Å². The highest BCUT2D eigenvalue weighted by molar-refractivity contribution is 7.71. The van der Waals surface area contributed by atoms with Gasteiger partial charge >= 0.3 is 0 Å². The first-order valence-corrected chi connectivity index (χ1v) is 7.80. The monoisotopic (exact) mass is 283 g/mol. The van der Waals surface area contributed by atoms with Gasteiger partial charge in [-0.2, -0.15) is 5.26 Å². The van der Waals surface area contributed by atoms with Crippen molar-refractivity contribution in [2.45, 2.75) is 32.2 Å². The molecule has 1 aromatic carbocycles. The second kappa shape index (κ2) is 4.46. The summed E-state index contributed by atoms with van der Waals surface area (Å²) >= 11 is 5.49. The van der Waals surface area contributed by atoms with Gasteiger partial charge in [-0.05, 0) is 73.9 Å². The smallest absolute Gasteiger partial charge is 0.178 e. The lowest BCUT2D eigenvalue weighted by atomic mass is 9.98. The molecule has 0 bridgehead atoms. The first kappa shape index (κ1) is 12.2. The van der Waals surface area contributed by atoms with Crippen LogP contribution in [0.1, 0.15) is 31.2 Å². The molecule has 2 aliphatic rings. The molecule has 2 saturated carbocycles. The van der Waals surface area contributed by atoms with Crippen molar-refractivity contribution in [3.05, 3.63) is 28.5 Å². The third-order valence-corrected chi connectivity index (χ3v) is 5.08. The van der Waals surface area contributed by atoms with Crippen molar-refractivity contribution < 1.29 is 0 Å². The van der Waals surface area contributed by atoms with Crippen molar-refractivity contribution in [3.63, 3.8) is 0 Å². The summed E-state index contributed by atoms with van der Waals surface area (Å²) in [6.07, 6.45) is 5.56. The Labute approximate surface area is 123 Å². The van der Waals surface area contributed by atoms with Gasteiger partial charge < -0.3 is 9.55 Å². The molecule has 2 aromatic rings. The fourth-order valence-corrected chi connectivity index (χ4v) is 3.63. The normalized spacial score (nSPS) is 18.6. The van der Waals surface area contributed by atoms with Gasteiger partial charge in [-0.1, -0.05) is 0 Å². The summed E-state index contributed by atoms with van der Waals surface area (Å²) in [4.78, 5) is 3.27. The molecule has 0 amide bonds. The second-order valence-corrected chi connectivity index (χ2v) is 6.61. The summed E-state index contributed by atoms with van der Waals surface area (Å²) in [5, 5.41) is 9.08. The number of aromatic nitrogens is 2. The molecule has 4 heteroatoms.